The molecule has 5 nitrogen and oxygen atoms in total. The van der Waals surface area contributed by atoms with Crippen LogP contribution in [0.3, 0.4) is 0 Å². The molecule has 3 aromatic rings. The maximum Gasteiger partial charge on any atom is 0.471 e. The van der Waals surface area contributed by atoms with Gasteiger partial charge in [-0.3, -0.25) is 9.59 Å². The highest BCUT2D eigenvalue weighted by Crippen LogP contribution is 2.30. The highest BCUT2D eigenvalue weighted by atomic mass is 35.5. The van der Waals surface area contributed by atoms with Crippen LogP contribution in [0.5, 0.6) is 0 Å². The van der Waals surface area contributed by atoms with Crippen LogP contribution in [-0.4, -0.2) is 22.1 Å². The van der Waals surface area contributed by atoms with E-state index in [1.54, 1.807) is 29.6 Å². The molecule has 0 aliphatic heterocycles. The lowest BCUT2D eigenvalue weighted by atomic mass is 10.1. The van der Waals surface area contributed by atoms with Gasteiger partial charge in [-0.2, -0.15) is 13.2 Å². The van der Waals surface area contributed by atoms with Gasteiger partial charge in [-0.05, 0) is 30.3 Å². The van der Waals surface area contributed by atoms with Crippen molar-refractivity contribution in [3.8, 4) is 11.3 Å². The van der Waals surface area contributed by atoms with Gasteiger partial charge in [0.25, 0.3) is 5.56 Å². The fourth-order valence-corrected chi connectivity index (χ4v) is 2.40. The van der Waals surface area contributed by atoms with Gasteiger partial charge in [-0.15, -0.1) is 0 Å². The lowest BCUT2D eigenvalue weighted by Gasteiger charge is -2.12. The summed E-state index contributed by atoms with van der Waals surface area (Å²) in [5.41, 5.74) is -0.108. The number of carbonyl (C=O) groups excluding carboxylic acids is 1. The quantitative estimate of drug-likeness (QED) is 0.724. The number of aromatic amines is 1. The van der Waals surface area contributed by atoms with Gasteiger partial charge in [0.1, 0.15) is 5.69 Å². The second-order valence-electron chi connectivity index (χ2n) is 5.07. The summed E-state index contributed by atoms with van der Waals surface area (Å²) < 4.78 is 37.5. The highest BCUT2D eigenvalue weighted by Gasteiger charge is 2.39. The number of nitrogens with one attached hydrogen (secondary N) is 2. The monoisotopic (exact) mass is 367 g/mol. The zero-order chi connectivity index (χ0) is 18.2. The Morgan fingerprint density at radius 2 is 1.88 bits per heavy atom. The van der Waals surface area contributed by atoms with Gasteiger partial charge in [-0.25, -0.2) is 4.98 Å². The minimum atomic E-state index is -5.07. The van der Waals surface area contributed by atoms with E-state index in [9.17, 15) is 22.8 Å². The van der Waals surface area contributed by atoms with E-state index in [1.165, 1.54) is 18.2 Å². The molecule has 0 atom stereocenters. The van der Waals surface area contributed by atoms with Crippen molar-refractivity contribution in [2.24, 2.45) is 0 Å². The predicted molar refractivity (Wildman–Crippen MR) is 87.5 cm³/mol. The van der Waals surface area contributed by atoms with E-state index in [0.29, 0.717) is 11.0 Å². The molecule has 0 unspecified atom stereocenters. The van der Waals surface area contributed by atoms with Crippen LogP contribution in [0.2, 0.25) is 5.02 Å². The molecule has 3 rings (SSSR count). The number of carbonyl (C=O) groups is 1. The van der Waals surface area contributed by atoms with Gasteiger partial charge in [-0.1, -0.05) is 23.7 Å². The van der Waals surface area contributed by atoms with E-state index >= 15 is 0 Å². The van der Waals surface area contributed by atoms with Crippen molar-refractivity contribution in [1.29, 1.82) is 0 Å². The maximum atomic E-state index is 12.5. The largest absolute Gasteiger partial charge is 0.471 e. The smallest absolute Gasteiger partial charge is 0.319 e. The zero-order valence-electron chi connectivity index (χ0n) is 12.3. The molecular formula is C16H9ClF3N3O2. The summed E-state index contributed by atoms with van der Waals surface area (Å²) in [5.74, 6) is -2.16. The van der Waals surface area contributed by atoms with Crippen molar-refractivity contribution < 1.29 is 18.0 Å². The third-order valence-corrected chi connectivity index (χ3v) is 3.58. The third-order valence-electron chi connectivity index (χ3n) is 3.34. The number of rotatable bonds is 2. The van der Waals surface area contributed by atoms with Gasteiger partial charge < -0.3 is 10.3 Å². The van der Waals surface area contributed by atoms with E-state index in [4.69, 9.17) is 11.6 Å². The number of hydrogen-bond donors (Lipinski definition) is 2. The van der Waals surface area contributed by atoms with Crippen molar-refractivity contribution in [2.45, 2.75) is 6.18 Å². The summed E-state index contributed by atoms with van der Waals surface area (Å²) >= 11 is 5.89. The Labute approximate surface area is 143 Å². The molecule has 0 fully saturated rings. The van der Waals surface area contributed by atoms with Crippen molar-refractivity contribution in [2.75, 3.05) is 5.32 Å². The summed E-state index contributed by atoms with van der Waals surface area (Å²) in [5, 5.41) is 1.91. The van der Waals surface area contributed by atoms with E-state index in [-0.39, 0.29) is 22.0 Å². The molecule has 0 saturated carbocycles. The molecule has 0 radical (unpaired) electrons. The van der Waals surface area contributed by atoms with Crippen LogP contribution in [0.4, 0.5) is 18.9 Å². The van der Waals surface area contributed by atoms with Crippen LogP contribution < -0.4 is 10.9 Å². The molecular weight excluding hydrogens is 359 g/mol. The molecule has 0 aliphatic carbocycles. The molecule has 0 aliphatic rings. The average Bonchev–Trinajstić information content (AvgIpc) is 2.55. The van der Waals surface area contributed by atoms with Crippen molar-refractivity contribution in [3.63, 3.8) is 0 Å². The van der Waals surface area contributed by atoms with Gasteiger partial charge >= 0.3 is 12.1 Å². The van der Waals surface area contributed by atoms with Crippen LogP contribution in [0.1, 0.15) is 0 Å². The second-order valence-corrected chi connectivity index (χ2v) is 5.51. The lowest BCUT2D eigenvalue weighted by molar-refractivity contribution is -0.167. The Balaban J connectivity index is 2.17. The number of hydrogen-bond acceptors (Lipinski definition) is 3. The molecule has 2 N–H and O–H groups in total. The van der Waals surface area contributed by atoms with E-state index in [1.807, 2.05) is 0 Å². The summed E-state index contributed by atoms with van der Waals surface area (Å²) in [6.45, 7) is 0. The number of alkyl halides is 3. The fraction of sp³-hybridized carbons (Fsp3) is 0.0625. The molecule has 1 heterocycles. The molecule has 2 aromatic carbocycles. The Hall–Kier alpha value is -2.87. The molecule has 128 valence electrons. The maximum absolute atomic E-state index is 12.5. The van der Waals surface area contributed by atoms with Crippen LogP contribution in [0, 0.1) is 0 Å². The summed E-state index contributed by atoms with van der Waals surface area (Å²) in [4.78, 5) is 30.3. The normalized spacial score (nSPS) is 11.5. The van der Waals surface area contributed by atoms with Crippen molar-refractivity contribution in [3.05, 3.63) is 57.8 Å². The lowest BCUT2D eigenvalue weighted by Crippen LogP contribution is -2.30. The number of benzene rings is 2. The summed E-state index contributed by atoms with van der Waals surface area (Å²) in [7, 11) is 0. The standard InChI is InChI=1S/C16H9ClF3N3O2/c17-8-5-6-10(23-15(25)16(18,19)20)9(7-8)13-14(24)22-12-4-2-1-3-11(12)21-13/h1-7H,(H,22,24)(H,23,25). The molecule has 1 amide bonds. The van der Waals surface area contributed by atoms with E-state index in [2.05, 4.69) is 9.97 Å². The number of para-hydroxylation sites is 2. The van der Waals surface area contributed by atoms with Crippen LogP contribution >= 0.6 is 11.6 Å². The molecule has 25 heavy (non-hydrogen) atoms. The van der Waals surface area contributed by atoms with Crippen LogP contribution in [-0.2, 0) is 4.79 Å². The number of anilines is 1. The first kappa shape index (κ1) is 17.0. The topological polar surface area (TPSA) is 74.8 Å². The number of halogens is 4. The molecule has 0 saturated heterocycles. The van der Waals surface area contributed by atoms with Gasteiger partial charge in [0.05, 0.1) is 16.7 Å². The number of nitrogens with zero attached hydrogens (tertiary/aromatic N) is 1. The number of aromatic nitrogens is 2. The fourth-order valence-electron chi connectivity index (χ4n) is 2.23. The van der Waals surface area contributed by atoms with Crippen LogP contribution in [0.25, 0.3) is 22.3 Å². The molecule has 1 aromatic heterocycles. The third kappa shape index (κ3) is 3.48. The van der Waals surface area contributed by atoms with E-state index in [0.717, 1.165) is 0 Å². The number of amides is 1. The first-order chi connectivity index (χ1) is 11.8. The van der Waals surface area contributed by atoms with Crippen LogP contribution in [0.15, 0.2) is 47.3 Å². The molecule has 9 heteroatoms. The van der Waals surface area contributed by atoms with Gasteiger partial charge in [0.15, 0.2) is 0 Å². The molecule has 0 spiro atoms. The zero-order valence-corrected chi connectivity index (χ0v) is 13.1. The highest BCUT2D eigenvalue weighted by molar-refractivity contribution is 6.31. The number of fused-ring (bicyclic) bond motifs is 1. The Morgan fingerprint density at radius 3 is 2.60 bits per heavy atom. The van der Waals surface area contributed by atoms with Gasteiger partial charge in [0, 0.05) is 10.6 Å². The minimum Gasteiger partial charge on any atom is -0.319 e. The second kappa shape index (κ2) is 6.21. The Bertz CT molecular complexity index is 1030. The SMILES string of the molecule is O=C(Nc1ccc(Cl)cc1-c1nc2ccccc2[nH]c1=O)C(F)(F)F. The summed E-state index contributed by atoms with van der Waals surface area (Å²) in [6.07, 6.45) is -5.07. The first-order valence-electron chi connectivity index (χ1n) is 6.93. The molecule has 0 bridgehead atoms. The summed E-state index contributed by atoms with van der Waals surface area (Å²) in [6, 6.07) is 10.4. The van der Waals surface area contributed by atoms with Gasteiger partial charge in [0.2, 0.25) is 0 Å². The average molecular weight is 368 g/mol. The first-order valence-corrected chi connectivity index (χ1v) is 7.30. The Morgan fingerprint density at radius 1 is 1.16 bits per heavy atom. The van der Waals surface area contributed by atoms with Crippen molar-refractivity contribution in [1.82, 2.24) is 9.97 Å². The number of H-pyrrole nitrogens is 1. The van der Waals surface area contributed by atoms with Crippen molar-refractivity contribution >= 4 is 34.2 Å². The van der Waals surface area contributed by atoms with E-state index < -0.39 is 17.6 Å². The predicted octanol–water partition coefficient (Wildman–Crippen LogP) is 3.74. The Kier molecular flexibility index (Phi) is 4.22. The minimum absolute atomic E-state index is 0.0166.